The minimum atomic E-state index is -0.641. The first kappa shape index (κ1) is 13.5. The molecule has 0 radical (unpaired) electrons. The van der Waals surface area contributed by atoms with Crippen LogP contribution in [0, 0.1) is 10.1 Å². The molecule has 104 valence electrons. The average molecular weight is 276 g/mol. The Labute approximate surface area is 113 Å². The summed E-state index contributed by atoms with van der Waals surface area (Å²) >= 11 is 0. The van der Waals surface area contributed by atoms with E-state index in [1.165, 1.54) is 24.5 Å². The third-order valence-electron chi connectivity index (χ3n) is 2.62. The minimum absolute atomic E-state index is 0.118. The molecular weight excluding hydrogens is 264 g/mol. The van der Waals surface area contributed by atoms with Gasteiger partial charge in [0.1, 0.15) is 17.8 Å². The molecule has 1 amide bonds. The van der Waals surface area contributed by atoms with Gasteiger partial charge in [-0.3, -0.25) is 20.0 Å². The number of primary amides is 1. The van der Waals surface area contributed by atoms with Crippen LogP contribution in [0.15, 0.2) is 24.5 Å². The van der Waals surface area contributed by atoms with Crippen LogP contribution in [0.1, 0.15) is 16.2 Å². The smallest absolute Gasteiger partial charge is 0.292 e. The van der Waals surface area contributed by atoms with Crippen LogP contribution >= 0.6 is 0 Å². The van der Waals surface area contributed by atoms with Crippen LogP contribution < -0.4 is 11.1 Å². The SMILES string of the molecule is NC(=O)c1ccc([N+](=O)[O-])c(NCCc2ncn[nH]2)c1. The number of amides is 1. The van der Waals surface area contributed by atoms with Gasteiger partial charge in [0.15, 0.2) is 0 Å². The molecule has 0 fully saturated rings. The Hall–Kier alpha value is -2.97. The van der Waals surface area contributed by atoms with Gasteiger partial charge in [-0.15, -0.1) is 0 Å². The van der Waals surface area contributed by atoms with Crippen molar-refractivity contribution in [1.29, 1.82) is 0 Å². The first-order valence-corrected chi connectivity index (χ1v) is 5.74. The number of nitro benzene ring substituents is 1. The number of benzene rings is 1. The van der Waals surface area contributed by atoms with Crippen LogP contribution in [-0.4, -0.2) is 32.6 Å². The molecule has 4 N–H and O–H groups in total. The highest BCUT2D eigenvalue weighted by molar-refractivity contribution is 5.94. The molecule has 0 atom stereocenters. The Kier molecular flexibility index (Phi) is 3.89. The van der Waals surface area contributed by atoms with Crippen molar-refractivity contribution in [2.75, 3.05) is 11.9 Å². The van der Waals surface area contributed by atoms with Gasteiger partial charge in [-0.25, -0.2) is 4.98 Å². The van der Waals surface area contributed by atoms with Gasteiger partial charge < -0.3 is 11.1 Å². The number of anilines is 1. The number of H-pyrrole nitrogens is 1. The van der Waals surface area contributed by atoms with Crippen molar-refractivity contribution in [2.45, 2.75) is 6.42 Å². The fourth-order valence-electron chi connectivity index (χ4n) is 1.66. The maximum atomic E-state index is 11.1. The number of carbonyl (C=O) groups excluding carboxylic acids is 1. The predicted molar refractivity (Wildman–Crippen MR) is 70.2 cm³/mol. The molecule has 9 nitrogen and oxygen atoms in total. The molecule has 0 aliphatic rings. The summed E-state index contributed by atoms with van der Waals surface area (Å²) in [4.78, 5) is 25.4. The van der Waals surface area contributed by atoms with E-state index in [0.29, 0.717) is 18.8 Å². The molecule has 1 aromatic heterocycles. The van der Waals surface area contributed by atoms with Crippen molar-refractivity contribution in [3.8, 4) is 0 Å². The summed E-state index contributed by atoms with van der Waals surface area (Å²) in [6.45, 7) is 0.401. The fourth-order valence-corrected chi connectivity index (χ4v) is 1.66. The van der Waals surface area contributed by atoms with Crippen molar-refractivity contribution in [2.24, 2.45) is 5.73 Å². The highest BCUT2D eigenvalue weighted by atomic mass is 16.6. The Bertz CT molecular complexity index is 625. The van der Waals surface area contributed by atoms with E-state index in [2.05, 4.69) is 20.5 Å². The molecule has 0 saturated heterocycles. The number of rotatable bonds is 6. The van der Waals surface area contributed by atoms with Crippen LogP contribution in [0.3, 0.4) is 0 Å². The van der Waals surface area contributed by atoms with Crippen LogP contribution in [0.4, 0.5) is 11.4 Å². The van der Waals surface area contributed by atoms with Crippen LogP contribution in [0.25, 0.3) is 0 Å². The summed E-state index contributed by atoms with van der Waals surface area (Å²) in [5.41, 5.74) is 5.48. The lowest BCUT2D eigenvalue weighted by Gasteiger charge is -2.07. The molecule has 2 aromatic rings. The molecule has 2 rings (SSSR count). The summed E-state index contributed by atoms with van der Waals surface area (Å²) in [6.07, 6.45) is 1.89. The third kappa shape index (κ3) is 3.07. The monoisotopic (exact) mass is 276 g/mol. The number of aromatic amines is 1. The van der Waals surface area contributed by atoms with Crippen LogP contribution in [-0.2, 0) is 6.42 Å². The van der Waals surface area contributed by atoms with Crippen LogP contribution in [0.2, 0.25) is 0 Å². The molecule has 1 aromatic carbocycles. The van der Waals surface area contributed by atoms with E-state index >= 15 is 0 Å². The minimum Gasteiger partial charge on any atom is -0.379 e. The number of nitrogens with one attached hydrogen (secondary N) is 2. The Morgan fingerprint density at radius 1 is 1.50 bits per heavy atom. The number of hydrogen-bond acceptors (Lipinski definition) is 6. The number of carbonyl (C=O) groups is 1. The highest BCUT2D eigenvalue weighted by Gasteiger charge is 2.15. The summed E-state index contributed by atoms with van der Waals surface area (Å²) < 4.78 is 0. The lowest BCUT2D eigenvalue weighted by molar-refractivity contribution is -0.384. The van der Waals surface area contributed by atoms with E-state index < -0.39 is 10.8 Å². The first-order valence-electron chi connectivity index (χ1n) is 5.74. The molecule has 0 saturated carbocycles. The number of nitro groups is 1. The molecule has 9 heteroatoms. The van der Waals surface area contributed by atoms with Gasteiger partial charge in [-0.1, -0.05) is 0 Å². The zero-order valence-corrected chi connectivity index (χ0v) is 10.4. The van der Waals surface area contributed by atoms with Gasteiger partial charge in [0.25, 0.3) is 5.69 Å². The second-order valence-corrected chi connectivity index (χ2v) is 3.96. The van der Waals surface area contributed by atoms with Crippen molar-refractivity contribution >= 4 is 17.3 Å². The zero-order valence-electron chi connectivity index (χ0n) is 10.4. The average Bonchev–Trinajstić information content (AvgIpc) is 2.91. The summed E-state index contributed by atoms with van der Waals surface area (Å²) in [6, 6.07) is 3.93. The first-order chi connectivity index (χ1) is 9.58. The standard InChI is InChI=1S/C11H12N6O3/c12-11(18)7-1-2-9(17(19)20)8(5-7)13-4-3-10-14-6-15-16-10/h1-2,5-6,13H,3-4H2,(H2,12,18)(H,14,15,16). The molecule has 0 bridgehead atoms. The third-order valence-corrected chi connectivity index (χ3v) is 2.62. The summed E-state index contributed by atoms with van der Waals surface area (Å²) in [7, 11) is 0. The molecular formula is C11H12N6O3. The molecule has 1 heterocycles. The lowest BCUT2D eigenvalue weighted by Crippen LogP contribution is -2.13. The number of aromatic nitrogens is 3. The zero-order chi connectivity index (χ0) is 14.5. The second kappa shape index (κ2) is 5.78. The summed E-state index contributed by atoms with van der Waals surface area (Å²) in [5.74, 6) is 0.0180. The lowest BCUT2D eigenvalue weighted by atomic mass is 10.1. The number of nitrogens with zero attached hydrogens (tertiary/aromatic N) is 3. The number of hydrogen-bond donors (Lipinski definition) is 3. The van der Waals surface area contributed by atoms with E-state index in [1.54, 1.807) is 0 Å². The van der Waals surface area contributed by atoms with Crippen LogP contribution in [0.5, 0.6) is 0 Å². The van der Waals surface area contributed by atoms with E-state index in [9.17, 15) is 14.9 Å². The van der Waals surface area contributed by atoms with Crippen molar-refractivity contribution in [3.63, 3.8) is 0 Å². The van der Waals surface area contributed by atoms with E-state index in [1.807, 2.05) is 0 Å². The predicted octanol–water partition coefficient (Wildman–Crippen LogP) is 0.466. The second-order valence-electron chi connectivity index (χ2n) is 3.96. The van der Waals surface area contributed by atoms with E-state index in [4.69, 9.17) is 5.73 Å². The maximum Gasteiger partial charge on any atom is 0.292 e. The van der Waals surface area contributed by atoms with Gasteiger partial charge in [0.05, 0.1) is 4.92 Å². The van der Waals surface area contributed by atoms with Gasteiger partial charge in [0.2, 0.25) is 5.91 Å². The van der Waals surface area contributed by atoms with E-state index in [-0.39, 0.29) is 16.9 Å². The number of nitrogens with two attached hydrogens (primary N) is 1. The quantitative estimate of drug-likeness (QED) is 0.517. The topological polar surface area (TPSA) is 140 Å². The Morgan fingerprint density at radius 3 is 2.90 bits per heavy atom. The molecule has 0 aliphatic carbocycles. The van der Waals surface area contributed by atoms with Gasteiger partial charge in [-0.05, 0) is 12.1 Å². The van der Waals surface area contributed by atoms with Crippen molar-refractivity contribution < 1.29 is 9.72 Å². The largest absolute Gasteiger partial charge is 0.379 e. The normalized spacial score (nSPS) is 10.2. The molecule has 20 heavy (non-hydrogen) atoms. The van der Waals surface area contributed by atoms with Crippen molar-refractivity contribution in [1.82, 2.24) is 15.2 Å². The Morgan fingerprint density at radius 2 is 2.30 bits per heavy atom. The molecule has 0 unspecified atom stereocenters. The molecule has 0 spiro atoms. The van der Waals surface area contributed by atoms with E-state index in [0.717, 1.165) is 0 Å². The Balaban J connectivity index is 2.13. The maximum absolute atomic E-state index is 11.1. The molecule has 0 aliphatic heterocycles. The van der Waals surface area contributed by atoms with Crippen molar-refractivity contribution in [3.05, 3.63) is 46.0 Å². The summed E-state index contributed by atoms with van der Waals surface area (Å²) in [5, 5.41) is 20.2. The van der Waals surface area contributed by atoms with Gasteiger partial charge >= 0.3 is 0 Å². The highest BCUT2D eigenvalue weighted by Crippen LogP contribution is 2.25. The van der Waals surface area contributed by atoms with Gasteiger partial charge in [-0.2, -0.15) is 5.10 Å². The van der Waals surface area contributed by atoms with Gasteiger partial charge in [0, 0.05) is 24.6 Å². The fraction of sp³-hybridized carbons (Fsp3) is 0.182.